The first-order chi connectivity index (χ1) is 5.62. The van der Waals surface area contributed by atoms with Gasteiger partial charge >= 0.3 is 0 Å². The van der Waals surface area contributed by atoms with Crippen LogP contribution in [0.15, 0.2) is 0 Å². The van der Waals surface area contributed by atoms with Gasteiger partial charge in [-0.25, -0.2) is 0 Å². The minimum atomic E-state index is 0.643. The molecule has 1 rings (SSSR count). The van der Waals surface area contributed by atoms with Gasteiger partial charge in [-0.15, -0.1) is 0 Å². The molecule has 1 heterocycles. The predicted molar refractivity (Wildman–Crippen MR) is 56.4 cm³/mol. The van der Waals surface area contributed by atoms with Gasteiger partial charge in [-0.3, -0.25) is 0 Å². The Bertz CT molecular complexity index is 104. The maximum atomic E-state index is 3.33. The molecule has 0 saturated carbocycles. The molecule has 0 spiro atoms. The molecule has 0 radical (unpaired) electrons. The normalized spacial score (nSPS) is 19.5. The maximum Gasteiger partial charge on any atom is 0.00176 e. The van der Waals surface area contributed by atoms with Crippen LogP contribution in [0.4, 0.5) is 0 Å². The summed E-state index contributed by atoms with van der Waals surface area (Å²) in [5.41, 5.74) is 0.643. The second kappa shape index (κ2) is 5.58. The van der Waals surface area contributed by atoms with Crippen molar-refractivity contribution >= 4 is 0 Å². The van der Waals surface area contributed by atoms with E-state index in [0.717, 1.165) is 5.92 Å². The van der Waals surface area contributed by atoms with Crippen LogP contribution in [0.3, 0.4) is 0 Å². The van der Waals surface area contributed by atoms with Crippen molar-refractivity contribution in [2.45, 2.75) is 47.5 Å². The Balaban J connectivity index is 0.000000561. The van der Waals surface area contributed by atoms with Gasteiger partial charge in [-0.05, 0) is 17.8 Å². The van der Waals surface area contributed by atoms with E-state index in [1.165, 1.54) is 25.9 Å². The molecule has 0 aliphatic carbocycles. The van der Waals surface area contributed by atoms with Crippen molar-refractivity contribution in [3.63, 3.8) is 0 Å². The Kier molecular flexibility index (Phi) is 5.56. The molecular formula is C11H25N. The number of hydrogen-bond donors (Lipinski definition) is 1. The molecule has 0 atom stereocenters. The molecule has 1 saturated heterocycles. The fourth-order valence-corrected chi connectivity index (χ4v) is 1.37. The number of hydrogen-bond acceptors (Lipinski definition) is 1. The smallest absolute Gasteiger partial charge is 0.00176 e. The van der Waals surface area contributed by atoms with Crippen LogP contribution in [0.25, 0.3) is 0 Å². The van der Waals surface area contributed by atoms with E-state index in [0.29, 0.717) is 5.41 Å². The van der Waals surface area contributed by atoms with Crippen LogP contribution >= 0.6 is 0 Å². The zero-order valence-electron chi connectivity index (χ0n) is 9.41. The summed E-state index contributed by atoms with van der Waals surface area (Å²) in [5, 5.41) is 3.33. The van der Waals surface area contributed by atoms with E-state index >= 15 is 0 Å². The lowest BCUT2D eigenvalue weighted by molar-refractivity contribution is 0.168. The van der Waals surface area contributed by atoms with Gasteiger partial charge in [0.25, 0.3) is 0 Å². The van der Waals surface area contributed by atoms with Crippen LogP contribution in [0, 0.1) is 11.3 Å². The first kappa shape index (κ1) is 12.0. The molecule has 1 heteroatoms. The van der Waals surface area contributed by atoms with Crippen molar-refractivity contribution in [2.24, 2.45) is 11.3 Å². The van der Waals surface area contributed by atoms with Gasteiger partial charge in [0.15, 0.2) is 0 Å². The third-order valence-corrected chi connectivity index (χ3v) is 2.43. The second-order valence-corrected chi connectivity index (χ2v) is 4.35. The number of nitrogens with one attached hydrogen (secondary N) is 1. The molecule has 0 aromatic rings. The van der Waals surface area contributed by atoms with Crippen molar-refractivity contribution in [2.75, 3.05) is 13.1 Å². The molecule has 1 N–H and O–H groups in total. The highest BCUT2D eigenvalue weighted by atomic mass is 15.0. The van der Waals surface area contributed by atoms with Crippen LogP contribution in [0.2, 0.25) is 0 Å². The fraction of sp³-hybridized carbons (Fsp3) is 1.00. The Hall–Kier alpha value is -0.0400. The third-order valence-electron chi connectivity index (χ3n) is 2.43. The van der Waals surface area contributed by atoms with Crippen molar-refractivity contribution in [1.82, 2.24) is 5.32 Å². The molecule has 74 valence electrons. The molecular weight excluding hydrogens is 146 g/mol. The van der Waals surface area contributed by atoms with Crippen LogP contribution in [0.5, 0.6) is 0 Å². The van der Waals surface area contributed by atoms with Crippen LogP contribution < -0.4 is 5.32 Å². The molecule has 0 amide bonds. The minimum absolute atomic E-state index is 0.643. The highest BCUT2D eigenvalue weighted by molar-refractivity contribution is 4.87. The Morgan fingerprint density at radius 2 is 1.75 bits per heavy atom. The zero-order valence-corrected chi connectivity index (χ0v) is 9.41. The van der Waals surface area contributed by atoms with Crippen LogP contribution in [-0.4, -0.2) is 13.1 Å². The van der Waals surface area contributed by atoms with Crippen molar-refractivity contribution in [3.05, 3.63) is 0 Å². The topological polar surface area (TPSA) is 12.0 Å². The molecule has 1 aliphatic rings. The van der Waals surface area contributed by atoms with Gasteiger partial charge in [0.1, 0.15) is 0 Å². The van der Waals surface area contributed by atoms with Gasteiger partial charge in [-0.1, -0.05) is 41.0 Å². The van der Waals surface area contributed by atoms with Crippen LogP contribution in [-0.2, 0) is 0 Å². The summed E-state index contributed by atoms with van der Waals surface area (Å²) in [5.74, 6) is 0.873. The van der Waals surface area contributed by atoms with E-state index in [9.17, 15) is 0 Å². The molecule has 12 heavy (non-hydrogen) atoms. The third kappa shape index (κ3) is 4.10. The summed E-state index contributed by atoms with van der Waals surface area (Å²) >= 11 is 0. The lowest BCUT2D eigenvalue weighted by atomic mass is 9.78. The van der Waals surface area contributed by atoms with Gasteiger partial charge < -0.3 is 5.32 Å². The summed E-state index contributed by atoms with van der Waals surface area (Å²) < 4.78 is 0. The molecule has 0 unspecified atom stereocenters. The summed E-state index contributed by atoms with van der Waals surface area (Å²) in [4.78, 5) is 0. The molecule has 1 aliphatic heterocycles. The van der Waals surface area contributed by atoms with E-state index in [1.54, 1.807) is 0 Å². The summed E-state index contributed by atoms with van der Waals surface area (Å²) in [6, 6.07) is 0. The van der Waals surface area contributed by atoms with E-state index < -0.39 is 0 Å². The SMILES string of the molecule is CC.CC(C)CCC1(C)CNC1. The molecule has 0 aromatic carbocycles. The van der Waals surface area contributed by atoms with E-state index in [1.807, 2.05) is 13.8 Å². The largest absolute Gasteiger partial charge is 0.316 e. The lowest BCUT2D eigenvalue weighted by Gasteiger charge is -2.40. The number of rotatable bonds is 3. The average Bonchev–Trinajstić information content (AvgIpc) is 2.01. The summed E-state index contributed by atoms with van der Waals surface area (Å²) in [6.45, 7) is 13.5. The molecule has 0 bridgehead atoms. The highest BCUT2D eigenvalue weighted by Crippen LogP contribution is 2.28. The van der Waals surface area contributed by atoms with Gasteiger partial charge in [0.05, 0.1) is 0 Å². The average molecular weight is 171 g/mol. The Morgan fingerprint density at radius 3 is 2.00 bits per heavy atom. The summed E-state index contributed by atoms with van der Waals surface area (Å²) in [7, 11) is 0. The molecule has 0 aromatic heterocycles. The first-order valence-corrected chi connectivity index (χ1v) is 5.33. The maximum absolute atomic E-state index is 3.33. The second-order valence-electron chi connectivity index (χ2n) is 4.35. The highest BCUT2D eigenvalue weighted by Gasteiger charge is 2.30. The monoisotopic (exact) mass is 171 g/mol. The van der Waals surface area contributed by atoms with E-state index in [-0.39, 0.29) is 0 Å². The molecule has 1 nitrogen and oxygen atoms in total. The fourth-order valence-electron chi connectivity index (χ4n) is 1.37. The minimum Gasteiger partial charge on any atom is -0.316 e. The van der Waals surface area contributed by atoms with E-state index in [4.69, 9.17) is 0 Å². The Morgan fingerprint density at radius 1 is 1.25 bits per heavy atom. The van der Waals surface area contributed by atoms with Gasteiger partial charge in [0.2, 0.25) is 0 Å². The first-order valence-electron chi connectivity index (χ1n) is 5.33. The van der Waals surface area contributed by atoms with E-state index in [2.05, 4.69) is 26.1 Å². The predicted octanol–water partition coefficient (Wildman–Crippen LogP) is 3.06. The van der Waals surface area contributed by atoms with Crippen molar-refractivity contribution < 1.29 is 0 Å². The van der Waals surface area contributed by atoms with Gasteiger partial charge in [0, 0.05) is 13.1 Å². The summed E-state index contributed by atoms with van der Waals surface area (Å²) in [6.07, 6.45) is 2.79. The van der Waals surface area contributed by atoms with Crippen molar-refractivity contribution in [1.29, 1.82) is 0 Å². The zero-order chi connectivity index (χ0) is 9.61. The standard InChI is InChI=1S/C9H19N.C2H6/c1-8(2)4-5-9(3)6-10-7-9;1-2/h8,10H,4-7H2,1-3H3;1-2H3. The van der Waals surface area contributed by atoms with Gasteiger partial charge in [-0.2, -0.15) is 0 Å². The Labute approximate surface area is 77.9 Å². The lowest BCUT2D eigenvalue weighted by Crippen LogP contribution is -2.51. The quantitative estimate of drug-likeness (QED) is 0.688. The van der Waals surface area contributed by atoms with Crippen LogP contribution in [0.1, 0.15) is 47.5 Å². The molecule has 1 fully saturated rings. The van der Waals surface area contributed by atoms with Crippen molar-refractivity contribution in [3.8, 4) is 0 Å².